The minimum atomic E-state index is 0.0657. The number of aromatic nitrogens is 2. The maximum absolute atomic E-state index is 13.6. The van der Waals surface area contributed by atoms with Gasteiger partial charge in [0.15, 0.2) is 0 Å². The van der Waals surface area contributed by atoms with E-state index in [9.17, 15) is 4.79 Å². The summed E-state index contributed by atoms with van der Waals surface area (Å²) in [6, 6.07) is 10.6. The minimum absolute atomic E-state index is 0.0657. The second kappa shape index (κ2) is 7.75. The number of amides is 1. The number of rotatable bonds is 3. The summed E-state index contributed by atoms with van der Waals surface area (Å²) in [4.78, 5) is 27.2. The number of hydrogen-bond donors (Lipinski definition) is 1. The number of nitrogens with zero attached hydrogens (tertiary/aromatic N) is 4. The molecule has 2 aromatic rings. The first-order valence-electron chi connectivity index (χ1n) is 10.9. The maximum atomic E-state index is 13.6. The number of aryl methyl sites for hydroxylation is 1. The predicted octanol–water partition coefficient (Wildman–Crippen LogP) is 2.81. The molecule has 0 unspecified atom stereocenters. The topological polar surface area (TPSA) is 61.4 Å². The van der Waals surface area contributed by atoms with Crippen molar-refractivity contribution >= 4 is 11.9 Å². The third-order valence-corrected chi connectivity index (χ3v) is 6.80. The number of carbonyl (C=O) groups excluding carboxylic acids is 1. The lowest BCUT2D eigenvalue weighted by Gasteiger charge is -2.29. The van der Waals surface area contributed by atoms with Crippen LogP contribution in [0.15, 0.2) is 36.5 Å². The van der Waals surface area contributed by atoms with Crippen LogP contribution in [0.1, 0.15) is 46.9 Å². The van der Waals surface area contributed by atoms with Gasteiger partial charge in [-0.15, -0.1) is 0 Å². The number of anilines is 1. The number of likely N-dealkylation sites (tertiary alicyclic amines) is 1. The van der Waals surface area contributed by atoms with Crippen molar-refractivity contribution in [3.63, 3.8) is 0 Å². The summed E-state index contributed by atoms with van der Waals surface area (Å²) in [7, 11) is 0. The molecule has 5 rings (SSSR count). The predicted molar refractivity (Wildman–Crippen MR) is 113 cm³/mol. The lowest BCUT2D eigenvalue weighted by molar-refractivity contribution is 0.0712. The Bertz CT molecular complexity index is 880. The number of nitrogens with one attached hydrogen (secondary N) is 1. The average Bonchev–Trinajstić information content (AvgIpc) is 3.36. The second-order valence-electron chi connectivity index (χ2n) is 8.61. The Morgan fingerprint density at radius 2 is 1.90 bits per heavy atom. The Labute approximate surface area is 172 Å². The van der Waals surface area contributed by atoms with Gasteiger partial charge in [0.2, 0.25) is 5.95 Å². The van der Waals surface area contributed by atoms with Crippen LogP contribution in [-0.4, -0.2) is 53.5 Å². The van der Waals surface area contributed by atoms with E-state index in [4.69, 9.17) is 4.98 Å². The van der Waals surface area contributed by atoms with Crippen LogP contribution >= 0.6 is 0 Å². The highest BCUT2D eigenvalue weighted by Crippen LogP contribution is 2.43. The van der Waals surface area contributed by atoms with Crippen molar-refractivity contribution in [1.82, 2.24) is 20.2 Å². The van der Waals surface area contributed by atoms with E-state index in [0.29, 0.717) is 17.4 Å². The molecule has 0 radical (unpaired) electrons. The molecule has 29 heavy (non-hydrogen) atoms. The Kier molecular flexibility index (Phi) is 4.96. The fourth-order valence-corrected chi connectivity index (χ4v) is 5.27. The van der Waals surface area contributed by atoms with Crippen LogP contribution < -0.4 is 10.2 Å². The van der Waals surface area contributed by atoms with E-state index in [2.05, 4.69) is 44.4 Å². The molecule has 1 aromatic heterocycles. The van der Waals surface area contributed by atoms with E-state index in [1.807, 2.05) is 13.0 Å². The third-order valence-electron chi connectivity index (χ3n) is 6.80. The molecule has 4 heterocycles. The number of piperidine rings is 1. The molecule has 1 N–H and O–H groups in total. The van der Waals surface area contributed by atoms with Gasteiger partial charge < -0.3 is 15.1 Å². The van der Waals surface area contributed by atoms with Crippen LogP contribution in [0.5, 0.6) is 0 Å². The number of benzene rings is 1. The van der Waals surface area contributed by atoms with Gasteiger partial charge >= 0.3 is 0 Å². The summed E-state index contributed by atoms with van der Waals surface area (Å²) in [5, 5.41) is 3.51. The monoisotopic (exact) mass is 391 g/mol. The van der Waals surface area contributed by atoms with Gasteiger partial charge in [0.05, 0.1) is 17.3 Å². The zero-order valence-electron chi connectivity index (χ0n) is 17.1. The van der Waals surface area contributed by atoms with Crippen molar-refractivity contribution in [2.45, 2.75) is 32.2 Å². The van der Waals surface area contributed by atoms with E-state index >= 15 is 0 Å². The Morgan fingerprint density at radius 3 is 2.66 bits per heavy atom. The Hall–Kier alpha value is -2.47. The number of carbonyl (C=O) groups is 1. The molecular weight excluding hydrogens is 362 g/mol. The molecule has 1 aromatic carbocycles. The molecule has 6 nitrogen and oxygen atoms in total. The van der Waals surface area contributed by atoms with Crippen molar-refractivity contribution in [1.29, 1.82) is 0 Å². The normalized spacial score (nSPS) is 26.6. The van der Waals surface area contributed by atoms with Gasteiger partial charge in [-0.05, 0) is 37.7 Å². The largest absolute Gasteiger partial charge is 0.341 e. The molecule has 3 aliphatic rings. The van der Waals surface area contributed by atoms with Crippen molar-refractivity contribution in [2.75, 3.05) is 37.6 Å². The molecule has 0 bridgehead atoms. The van der Waals surface area contributed by atoms with Gasteiger partial charge in [-0.1, -0.05) is 30.3 Å². The highest BCUT2D eigenvalue weighted by Gasteiger charge is 2.47. The molecule has 3 atom stereocenters. The quantitative estimate of drug-likeness (QED) is 0.872. The molecule has 3 saturated heterocycles. The van der Waals surface area contributed by atoms with Crippen molar-refractivity contribution in [3.8, 4) is 0 Å². The zero-order chi connectivity index (χ0) is 19.8. The number of hydrogen-bond acceptors (Lipinski definition) is 5. The molecule has 152 valence electrons. The molecular formula is C23H29N5O. The first-order chi connectivity index (χ1) is 14.2. The van der Waals surface area contributed by atoms with Crippen LogP contribution in [-0.2, 0) is 0 Å². The van der Waals surface area contributed by atoms with Crippen LogP contribution in [0.2, 0.25) is 0 Å². The van der Waals surface area contributed by atoms with Gasteiger partial charge in [0.1, 0.15) is 0 Å². The number of fused-ring (bicyclic) bond motifs is 1. The summed E-state index contributed by atoms with van der Waals surface area (Å²) in [6.45, 7) is 6.71. The summed E-state index contributed by atoms with van der Waals surface area (Å²) >= 11 is 0. The second-order valence-corrected chi connectivity index (χ2v) is 8.61. The van der Waals surface area contributed by atoms with Crippen molar-refractivity contribution in [2.24, 2.45) is 11.8 Å². The van der Waals surface area contributed by atoms with Gasteiger partial charge in [-0.2, -0.15) is 0 Å². The summed E-state index contributed by atoms with van der Waals surface area (Å²) < 4.78 is 0. The Morgan fingerprint density at radius 1 is 1.10 bits per heavy atom. The van der Waals surface area contributed by atoms with Crippen LogP contribution in [0.25, 0.3) is 0 Å². The van der Waals surface area contributed by atoms with E-state index in [1.54, 1.807) is 6.20 Å². The molecule has 3 fully saturated rings. The van der Waals surface area contributed by atoms with Crippen molar-refractivity contribution < 1.29 is 4.79 Å². The average molecular weight is 392 g/mol. The minimum Gasteiger partial charge on any atom is -0.341 e. The van der Waals surface area contributed by atoms with E-state index in [1.165, 1.54) is 24.8 Å². The lowest BCUT2D eigenvalue weighted by Crippen LogP contribution is -2.36. The fourth-order valence-electron chi connectivity index (χ4n) is 5.27. The first kappa shape index (κ1) is 18.6. The zero-order valence-corrected chi connectivity index (χ0v) is 17.1. The Balaban J connectivity index is 1.43. The van der Waals surface area contributed by atoms with Crippen LogP contribution in [0.4, 0.5) is 5.95 Å². The van der Waals surface area contributed by atoms with Gasteiger partial charge in [0, 0.05) is 44.8 Å². The molecule has 6 heteroatoms. The highest BCUT2D eigenvalue weighted by atomic mass is 16.2. The maximum Gasteiger partial charge on any atom is 0.257 e. The fraction of sp³-hybridized carbons (Fsp3) is 0.522. The van der Waals surface area contributed by atoms with E-state index < -0.39 is 0 Å². The van der Waals surface area contributed by atoms with E-state index in [-0.39, 0.29) is 11.9 Å². The molecule has 0 aliphatic carbocycles. The standard InChI is InChI=1S/C23H29N5O/c1-16-19(14-25-23(26-16)27-10-6-3-7-11-27)22(29)28-15-18-12-24-13-20(18)21(28)17-8-4-2-5-9-17/h2,4-5,8-9,14,18,20-21,24H,3,6-7,10-13,15H2,1H3/t18-,20-,21+/m0/s1. The summed E-state index contributed by atoms with van der Waals surface area (Å²) in [5.41, 5.74) is 2.65. The molecule has 3 aliphatic heterocycles. The van der Waals surface area contributed by atoms with Crippen LogP contribution in [0.3, 0.4) is 0 Å². The lowest BCUT2D eigenvalue weighted by atomic mass is 9.89. The van der Waals surface area contributed by atoms with Gasteiger partial charge in [0.25, 0.3) is 5.91 Å². The molecule has 1 amide bonds. The first-order valence-corrected chi connectivity index (χ1v) is 10.9. The van der Waals surface area contributed by atoms with Crippen LogP contribution in [0, 0.1) is 18.8 Å². The van der Waals surface area contributed by atoms with Gasteiger partial charge in [-0.3, -0.25) is 4.79 Å². The smallest absolute Gasteiger partial charge is 0.257 e. The van der Waals surface area contributed by atoms with Crippen molar-refractivity contribution in [3.05, 3.63) is 53.3 Å². The highest BCUT2D eigenvalue weighted by molar-refractivity contribution is 5.95. The summed E-state index contributed by atoms with van der Waals surface area (Å²) in [6.07, 6.45) is 5.40. The molecule has 0 spiro atoms. The SMILES string of the molecule is Cc1nc(N2CCCCC2)ncc1C(=O)N1C[C@@H]2CNC[C@@H]2[C@H]1c1ccccc1. The molecule has 0 saturated carbocycles. The summed E-state index contributed by atoms with van der Waals surface area (Å²) in [5.74, 6) is 1.81. The third kappa shape index (κ3) is 3.39. The van der Waals surface area contributed by atoms with Gasteiger partial charge in [-0.25, -0.2) is 9.97 Å². The van der Waals surface area contributed by atoms with E-state index in [0.717, 1.165) is 44.4 Å².